The van der Waals surface area contributed by atoms with E-state index in [9.17, 15) is 0 Å². The molecule has 0 saturated carbocycles. The lowest BCUT2D eigenvalue weighted by molar-refractivity contribution is 0.875. The molecule has 0 heterocycles. The van der Waals surface area contributed by atoms with Gasteiger partial charge in [-0.3, -0.25) is 0 Å². The molecule has 0 saturated heterocycles. The van der Waals surface area contributed by atoms with Gasteiger partial charge in [-0.05, 0) is 72.4 Å². The summed E-state index contributed by atoms with van der Waals surface area (Å²) >= 11 is 0. The third kappa shape index (κ3) is 7.06. The molecular formula is C33H42. The first kappa shape index (κ1) is 26.4. The number of hydrogen-bond donors (Lipinski definition) is 0. The summed E-state index contributed by atoms with van der Waals surface area (Å²) in [6.07, 6.45) is 17.2. The first-order valence-electron chi connectivity index (χ1n) is 12.9. The highest BCUT2D eigenvalue weighted by Gasteiger charge is 2.20. The maximum absolute atomic E-state index is 2.37. The number of rotatable bonds is 5. The van der Waals surface area contributed by atoms with Crippen LogP contribution in [-0.4, -0.2) is 0 Å². The molecule has 2 aliphatic rings. The van der Waals surface area contributed by atoms with Crippen molar-refractivity contribution in [3.63, 3.8) is 0 Å². The average Bonchev–Trinajstić information content (AvgIpc) is 2.91. The van der Waals surface area contributed by atoms with Gasteiger partial charge in [0.1, 0.15) is 0 Å². The second-order valence-corrected chi connectivity index (χ2v) is 8.01. The van der Waals surface area contributed by atoms with Crippen molar-refractivity contribution in [2.24, 2.45) is 0 Å². The Morgan fingerprint density at radius 2 is 1.27 bits per heavy atom. The van der Waals surface area contributed by atoms with Gasteiger partial charge in [0, 0.05) is 0 Å². The first-order valence-corrected chi connectivity index (χ1v) is 12.9. The molecule has 0 radical (unpaired) electrons. The highest BCUT2D eigenvalue weighted by Crippen LogP contribution is 2.42. The van der Waals surface area contributed by atoms with Gasteiger partial charge in [0.2, 0.25) is 0 Å². The van der Waals surface area contributed by atoms with Crippen LogP contribution in [0.5, 0.6) is 0 Å². The Hall–Kier alpha value is -2.86. The molecule has 33 heavy (non-hydrogen) atoms. The minimum Gasteiger partial charge on any atom is -0.0842 e. The van der Waals surface area contributed by atoms with Crippen LogP contribution in [0.15, 0.2) is 102 Å². The van der Waals surface area contributed by atoms with Gasteiger partial charge in [0.25, 0.3) is 0 Å². The van der Waals surface area contributed by atoms with Crippen LogP contribution in [-0.2, 0) is 0 Å². The highest BCUT2D eigenvalue weighted by molar-refractivity contribution is 6.04. The van der Waals surface area contributed by atoms with Crippen molar-refractivity contribution in [1.29, 1.82) is 0 Å². The normalized spacial score (nSPS) is 15.5. The van der Waals surface area contributed by atoms with Crippen LogP contribution in [0.2, 0.25) is 0 Å². The largest absolute Gasteiger partial charge is 0.0842 e. The van der Waals surface area contributed by atoms with Crippen molar-refractivity contribution in [2.45, 2.75) is 73.6 Å². The third-order valence-electron chi connectivity index (χ3n) is 6.00. The lowest BCUT2D eigenvalue weighted by Gasteiger charge is -2.24. The minimum absolute atomic E-state index is 1.10. The van der Waals surface area contributed by atoms with E-state index in [0.29, 0.717) is 0 Å². The molecule has 174 valence electrons. The molecule has 0 unspecified atom stereocenters. The maximum Gasteiger partial charge on any atom is -0.00704 e. The Bertz CT molecular complexity index is 1010. The smallest absolute Gasteiger partial charge is 0.00704 e. The van der Waals surface area contributed by atoms with Crippen molar-refractivity contribution < 1.29 is 0 Å². The lowest BCUT2D eigenvalue weighted by atomic mass is 9.80. The molecular weight excluding hydrogens is 396 g/mol. The Labute approximate surface area is 203 Å². The molecule has 0 spiro atoms. The maximum atomic E-state index is 2.37. The van der Waals surface area contributed by atoms with Crippen molar-refractivity contribution in [3.05, 3.63) is 118 Å². The number of allylic oxidation sites excluding steroid dienone is 10. The van der Waals surface area contributed by atoms with Crippen LogP contribution in [0.1, 0.15) is 83.4 Å². The second kappa shape index (κ2) is 14.3. The average molecular weight is 439 g/mol. The van der Waals surface area contributed by atoms with E-state index in [1.807, 2.05) is 27.7 Å². The molecule has 0 amide bonds. The molecule has 4 rings (SSSR count). The minimum atomic E-state index is 1.10. The van der Waals surface area contributed by atoms with Gasteiger partial charge in [-0.15, -0.1) is 0 Å². The van der Waals surface area contributed by atoms with E-state index in [2.05, 4.69) is 98.8 Å². The Balaban J connectivity index is 0.000000914. The zero-order valence-electron chi connectivity index (χ0n) is 21.6. The monoisotopic (exact) mass is 438 g/mol. The summed E-state index contributed by atoms with van der Waals surface area (Å²) < 4.78 is 0. The summed E-state index contributed by atoms with van der Waals surface area (Å²) in [6.45, 7) is 12.4. The molecule has 2 aromatic rings. The number of aryl methyl sites for hydroxylation is 1. The van der Waals surface area contributed by atoms with Crippen LogP contribution < -0.4 is 0 Å². The quantitative estimate of drug-likeness (QED) is 0.407. The molecule has 0 nitrogen and oxygen atoms in total. The van der Waals surface area contributed by atoms with Crippen LogP contribution in [0, 0.1) is 6.92 Å². The van der Waals surface area contributed by atoms with Gasteiger partial charge in [-0.1, -0.05) is 131 Å². The molecule has 0 heteroatoms. The third-order valence-corrected chi connectivity index (χ3v) is 6.00. The first-order chi connectivity index (χ1) is 16.3. The van der Waals surface area contributed by atoms with Gasteiger partial charge >= 0.3 is 0 Å². The lowest BCUT2D eigenvalue weighted by Crippen LogP contribution is -2.03. The van der Waals surface area contributed by atoms with Gasteiger partial charge < -0.3 is 0 Å². The molecule has 2 aliphatic carbocycles. The summed E-state index contributed by atoms with van der Waals surface area (Å²) in [7, 11) is 0. The highest BCUT2D eigenvalue weighted by atomic mass is 14.2. The molecule has 0 fully saturated rings. The van der Waals surface area contributed by atoms with Crippen LogP contribution in [0.25, 0.3) is 11.1 Å². The van der Waals surface area contributed by atoms with E-state index in [-0.39, 0.29) is 0 Å². The summed E-state index contributed by atoms with van der Waals surface area (Å²) in [5.74, 6) is 0. The summed E-state index contributed by atoms with van der Waals surface area (Å²) in [5, 5.41) is 0. The summed E-state index contributed by atoms with van der Waals surface area (Å²) in [5.41, 5.74) is 11.2. The Morgan fingerprint density at radius 3 is 1.79 bits per heavy atom. The standard InChI is InChI=1S/C29H30.2C2H6/c1-3-23-16-20-27(21-17-23)29(25-12-8-5-9-13-25)28(24-10-6-4-7-11-24)26-18-14-22(2)15-19-26;2*1-2/h4-6,8-10,12-16,18-20H,3,7,11,17,21H2,1-2H3;2*1-2H3/b29-28+;;. The van der Waals surface area contributed by atoms with Crippen molar-refractivity contribution in [3.8, 4) is 0 Å². The van der Waals surface area contributed by atoms with Gasteiger partial charge in [-0.25, -0.2) is 0 Å². The Morgan fingerprint density at radius 1 is 0.667 bits per heavy atom. The van der Waals surface area contributed by atoms with E-state index >= 15 is 0 Å². The summed E-state index contributed by atoms with van der Waals surface area (Å²) in [4.78, 5) is 0. The predicted molar refractivity (Wildman–Crippen MR) is 149 cm³/mol. The van der Waals surface area contributed by atoms with E-state index in [0.717, 1.165) is 25.7 Å². The van der Waals surface area contributed by atoms with Crippen LogP contribution >= 0.6 is 0 Å². The van der Waals surface area contributed by atoms with E-state index in [1.165, 1.54) is 45.4 Å². The van der Waals surface area contributed by atoms with E-state index in [4.69, 9.17) is 0 Å². The SMILES string of the molecule is CC.CC.CCC1=CC=C(/C(=C(\C2=CC=CCC2)c2ccc(C)cc2)c2ccccc2)CC1. The topological polar surface area (TPSA) is 0 Å². The molecule has 0 aliphatic heterocycles. The van der Waals surface area contributed by atoms with Crippen molar-refractivity contribution in [2.75, 3.05) is 0 Å². The van der Waals surface area contributed by atoms with Crippen molar-refractivity contribution in [1.82, 2.24) is 0 Å². The molecule has 0 atom stereocenters. The Kier molecular flexibility index (Phi) is 11.5. The van der Waals surface area contributed by atoms with Crippen LogP contribution in [0.4, 0.5) is 0 Å². The summed E-state index contributed by atoms with van der Waals surface area (Å²) in [6, 6.07) is 20.0. The second-order valence-electron chi connectivity index (χ2n) is 8.01. The van der Waals surface area contributed by atoms with Gasteiger partial charge in [-0.2, -0.15) is 0 Å². The zero-order valence-corrected chi connectivity index (χ0v) is 21.6. The van der Waals surface area contributed by atoms with Gasteiger partial charge in [0.05, 0.1) is 0 Å². The number of hydrogen-bond acceptors (Lipinski definition) is 0. The van der Waals surface area contributed by atoms with E-state index in [1.54, 1.807) is 5.57 Å². The van der Waals surface area contributed by atoms with Gasteiger partial charge in [0.15, 0.2) is 0 Å². The molecule has 2 aromatic carbocycles. The zero-order chi connectivity index (χ0) is 24.1. The fourth-order valence-electron chi connectivity index (χ4n) is 4.30. The molecule has 0 N–H and O–H groups in total. The molecule has 0 aromatic heterocycles. The van der Waals surface area contributed by atoms with Crippen molar-refractivity contribution >= 4 is 11.1 Å². The molecule has 0 bridgehead atoms. The number of benzene rings is 2. The van der Waals surface area contributed by atoms with E-state index < -0.39 is 0 Å². The fraction of sp³-hybridized carbons (Fsp3) is 0.333. The van der Waals surface area contributed by atoms with Crippen LogP contribution in [0.3, 0.4) is 0 Å². The fourth-order valence-corrected chi connectivity index (χ4v) is 4.30. The predicted octanol–water partition coefficient (Wildman–Crippen LogP) is 10.3.